The van der Waals surface area contributed by atoms with E-state index in [0.29, 0.717) is 6.42 Å². The molecule has 0 heterocycles. The lowest BCUT2D eigenvalue weighted by atomic mass is 10.1. The number of quaternary nitrogens is 1. The van der Waals surface area contributed by atoms with Crippen LogP contribution >= 0.6 is 0 Å². The van der Waals surface area contributed by atoms with E-state index >= 15 is 0 Å². The fourth-order valence-electron chi connectivity index (χ4n) is 4.12. The molecular weight excluding hydrogens is 522 g/mol. The van der Waals surface area contributed by atoms with Crippen molar-refractivity contribution < 1.29 is 38.2 Å². The summed E-state index contributed by atoms with van der Waals surface area (Å²) in [7, 11) is 5.34. The summed E-state index contributed by atoms with van der Waals surface area (Å²) in [6.07, 6.45) is 25.2. The summed E-state index contributed by atoms with van der Waals surface area (Å²) in [6, 6.07) is -0.721. The van der Waals surface area contributed by atoms with Crippen LogP contribution in [-0.2, 0) is 28.6 Å². The Morgan fingerprint density at radius 3 is 1.93 bits per heavy atom. The van der Waals surface area contributed by atoms with Crippen molar-refractivity contribution in [1.82, 2.24) is 0 Å². The second-order valence-electron chi connectivity index (χ2n) is 11.3. The Morgan fingerprint density at radius 1 is 0.756 bits per heavy atom. The van der Waals surface area contributed by atoms with E-state index in [1.807, 2.05) is 0 Å². The summed E-state index contributed by atoms with van der Waals surface area (Å²) in [4.78, 5) is 35.3. The quantitative estimate of drug-likeness (QED) is 0.0581. The zero-order valence-corrected chi connectivity index (χ0v) is 26.4. The highest BCUT2D eigenvalue weighted by Crippen LogP contribution is 2.12. The van der Waals surface area contributed by atoms with Crippen molar-refractivity contribution in [1.29, 1.82) is 0 Å². The SMILES string of the molecule is CC/C=C\C/C=C\C/C=C\CCCCCCCCCC(=O)OC(COCCC(C(=O)[O-])[N+](C)(C)C)COC(=O)CC. The van der Waals surface area contributed by atoms with Crippen molar-refractivity contribution in [3.8, 4) is 0 Å². The Kier molecular flexibility index (Phi) is 23.8. The van der Waals surface area contributed by atoms with Gasteiger partial charge in [-0.15, -0.1) is 0 Å². The topological polar surface area (TPSA) is 102 Å². The van der Waals surface area contributed by atoms with Crippen LogP contribution in [0.1, 0.15) is 104 Å². The second-order valence-corrected chi connectivity index (χ2v) is 11.3. The number of likely N-dealkylation sites (N-methyl/N-ethyl adjacent to an activating group) is 1. The molecule has 0 spiro atoms. The van der Waals surface area contributed by atoms with Crippen LogP contribution in [0.2, 0.25) is 0 Å². The highest BCUT2D eigenvalue weighted by molar-refractivity contribution is 5.70. The zero-order valence-electron chi connectivity index (χ0n) is 26.4. The monoisotopic (exact) mass is 579 g/mol. The third-order valence-corrected chi connectivity index (χ3v) is 6.60. The maximum Gasteiger partial charge on any atom is 0.306 e. The number of hydrogen-bond donors (Lipinski definition) is 0. The van der Waals surface area contributed by atoms with Crippen LogP contribution in [0.3, 0.4) is 0 Å². The third kappa shape index (κ3) is 23.9. The van der Waals surface area contributed by atoms with Gasteiger partial charge in [-0.1, -0.05) is 82.4 Å². The molecule has 2 unspecified atom stereocenters. The van der Waals surface area contributed by atoms with E-state index in [2.05, 4.69) is 43.4 Å². The average Bonchev–Trinajstić information content (AvgIpc) is 2.91. The largest absolute Gasteiger partial charge is 0.544 e. The lowest BCUT2D eigenvalue weighted by molar-refractivity contribution is -0.889. The molecule has 0 radical (unpaired) electrons. The highest BCUT2D eigenvalue weighted by Gasteiger charge is 2.25. The lowest BCUT2D eigenvalue weighted by Crippen LogP contribution is -2.55. The number of carbonyl (C=O) groups is 3. The van der Waals surface area contributed by atoms with Crippen LogP contribution in [0.4, 0.5) is 0 Å². The number of nitrogens with zero attached hydrogens (tertiary/aromatic N) is 1. The van der Waals surface area contributed by atoms with Gasteiger partial charge in [-0.2, -0.15) is 0 Å². The molecule has 8 nitrogen and oxygen atoms in total. The Labute approximate surface area is 249 Å². The molecule has 0 bridgehead atoms. The van der Waals surface area contributed by atoms with Gasteiger partial charge in [0.15, 0.2) is 6.10 Å². The van der Waals surface area contributed by atoms with Crippen LogP contribution in [0.25, 0.3) is 0 Å². The predicted octanol–water partition coefficient (Wildman–Crippen LogP) is 5.45. The van der Waals surface area contributed by atoms with Crippen LogP contribution in [-0.4, -0.2) is 75.5 Å². The molecule has 0 saturated heterocycles. The summed E-state index contributed by atoms with van der Waals surface area (Å²) in [5.74, 6) is -1.86. The molecule has 0 aliphatic rings. The molecule has 0 aromatic carbocycles. The molecule has 236 valence electrons. The van der Waals surface area contributed by atoms with Gasteiger partial charge in [0, 0.05) is 19.3 Å². The van der Waals surface area contributed by atoms with Gasteiger partial charge in [0.25, 0.3) is 0 Å². The fraction of sp³-hybridized carbons (Fsp3) is 0.727. The molecule has 41 heavy (non-hydrogen) atoms. The highest BCUT2D eigenvalue weighted by atomic mass is 16.6. The van der Waals surface area contributed by atoms with E-state index < -0.39 is 18.1 Å². The Bertz CT molecular complexity index is 783. The van der Waals surface area contributed by atoms with Crippen molar-refractivity contribution in [2.45, 2.75) is 116 Å². The summed E-state index contributed by atoms with van der Waals surface area (Å²) in [6.45, 7) is 3.94. The molecule has 8 heteroatoms. The Balaban J connectivity index is 4.09. The number of carboxylic acids is 1. The molecule has 0 amide bonds. The fourth-order valence-corrected chi connectivity index (χ4v) is 4.12. The van der Waals surface area contributed by atoms with Gasteiger partial charge in [0.1, 0.15) is 12.6 Å². The van der Waals surface area contributed by atoms with Gasteiger partial charge in [-0.25, -0.2) is 0 Å². The summed E-state index contributed by atoms with van der Waals surface area (Å²) >= 11 is 0. The maximum absolute atomic E-state index is 12.4. The van der Waals surface area contributed by atoms with E-state index in [-0.39, 0.29) is 49.1 Å². The predicted molar refractivity (Wildman–Crippen MR) is 162 cm³/mol. The van der Waals surface area contributed by atoms with Gasteiger partial charge < -0.3 is 28.6 Å². The number of unbranched alkanes of at least 4 members (excludes halogenated alkanes) is 7. The number of carbonyl (C=O) groups excluding carboxylic acids is 3. The van der Waals surface area contributed by atoms with Gasteiger partial charge >= 0.3 is 11.9 Å². The maximum atomic E-state index is 12.4. The first kappa shape index (κ1) is 38.5. The van der Waals surface area contributed by atoms with Gasteiger partial charge in [-0.05, 0) is 38.5 Å². The molecular formula is C33H57NO7. The molecule has 0 aromatic rings. The number of allylic oxidation sites excluding steroid dienone is 6. The smallest absolute Gasteiger partial charge is 0.306 e. The molecule has 0 N–H and O–H groups in total. The standard InChI is InChI=1S/C33H57NO7/c1-6-8-9-10-11-12-13-14-15-16-17-18-19-20-21-22-23-24-32(36)41-29(28-40-31(35)7-2)27-39-26-25-30(33(37)38)34(3,4)5/h8-9,11-12,14-15,29-30H,6-7,10,13,16-28H2,1-5H3/b9-8-,12-11-,15-14-. The van der Waals surface area contributed by atoms with Crippen LogP contribution in [0.15, 0.2) is 36.5 Å². The molecule has 2 atom stereocenters. The summed E-state index contributed by atoms with van der Waals surface area (Å²) < 4.78 is 16.5. The molecule has 0 aromatic heterocycles. The van der Waals surface area contributed by atoms with Crippen molar-refractivity contribution in [3.05, 3.63) is 36.5 Å². The Morgan fingerprint density at radius 2 is 1.34 bits per heavy atom. The number of carboxylic acid groups (broad SMARTS) is 1. The second kappa shape index (κ2) is 25.3. The molecule has 0 rings (SSSR count). The van der Waals surface area contributed by atoms with E-state index in [9.17, 15) is 19.5 Å². The van der Waals surface area contributed by atoms with E-state index in [1.54, 1.807) is 28.1 Å². The number of rotatable bonds is 26. The van der Waals surface area contributed by atoms with Crippen LogP contribution in [0, 0.1) is 0 Å². The third-order valence-electron chi connectivity index (χ3n) is 6.60. The first-order chi connectivity index (χ1) is 19.6. The zero-order chi connectivity index (χ0) is 30.8. The normalized spacial score (nSPS) is 13.7. The molecule has 0 aliphatic carbocycles. The van der Waals surface area contributed by atoms with Crippen LogP contribution in [0.5, 0.6) is 0 Å². The van der Waals surface area contributed by atoms with Crippen molar-refractivity contribution in [3.63, 3.8) is 0 Å². The van der Waals surface area contributed by atoms with Gasteiger partial charge in [-0.3, -0.25) is 9.59 Å². The number of ether oxygens (including phenoxy) is 3. The number of hydrogen-bond acceptors (Lipinski definition) is 7. The number of esters is 2. The summed E-state index contributed by atoms with van der Waals surface area (Å²) in [5, 5.41) is 11.4. The average molecular weight is 580 g/mol. The summed E-state index contributed by atoms with van der Waals surface area (Å²) in [5.41, 5.74) is 0. The van der Waals surface area contributed by atoms with E-state index in [1.165, 1.54) is 19.3 Å². The molecule has 0 saturated carbocycles. The van der Waals surface area contributed by atoms with Crippen molar-refractivity contribution >= 4 is 17.9 Å². The lowest BCUT2D eigenvalue weighted by Gasteiger charge is -2.34. The molecule has 0 fully saturated rings. The Hall–Kier alpha value is -2.45. The number of aliphatic carboxylic acids is 1. The van der Waals surface area contributed by atoms with Crippen molar-refractivity contribution in [2.75, 3.05) is 41.0 Å². The van der Waals surface area contributed by atoms with E-state index in [0.717, 1.165) is 51.4 Å². The van der Waals surface area contributed by atoms with Gasteiger partial charge in [0.2, 0.25) is 0 Å². The van der Waals surface area contributed by atoms with Crippen molar-refractivity contribution in [2.24, 2.45) is 0 Å². The minimum atomic E-state index is -1.14. The molecule has 0 aliphatic heterocycles. The van der Waals surface area contributed by atoms with Crippen LogP contribution < -0.4 is 5.11 Å². The minimum Gasteiger partial charge on any atom is -0.544 e. The van der Waals surface area contributed by atoms with Gasteiger partial charge in [0.05, 0.1) is 40.3 Å². The van der Waals surface area contributed by atoms with E-state index in [4.69, 9.17) is 14.2 Å². The minimum absolute atomic E-state index is 0.0299. The first-order valence-corrected chi connectivity index (χ1v) is 15.5. The first-order valence-electron chi connectivity index (χ1n) is 15.5.